The molecular formula is C43H49N5O4S. The quantitative estimate of drug-likeness (QED) is 0.0990. The number of unbranched alkanes of at least 4 members (excludes halogenated alkanes) is 3. The smallest absolute Gasteiger partial charge is 0.255 e. The summed E-state index contributed by atoms with van der Waals surface area (Å²) in [5.41, 5.74) is 8.75. The minimum atomic E-state index is -0.583. The zero-order valence-corrected chi connectivity index (χ0v) is 31.9. The van der Waals surface area contributed by atoms with Gasteiger partial charge in [-0.15, -0.1) is 11.8 Å². The topological polar surface area (TPSA) is 106 Å². The number of aryl methyl sites for hydroxylation is 1. The van der Waals surface area contributed by atoms with Crippen molar-refractivity contribution in [3.8, 4) is 0 Å². The predicted molar refractivity (Wildman–Crippen MR) is 210 cm³/mol. The number of piperazine rings is 1. The average molecular weight is 732 g/mol. The van der Waals surface area contributed by atoms with Crippen LogP contribution in [0, 0.1) is 0 Å². The monoisotopic (exact) mass is 731 g/mol. The van der Waals surface area contributed by atoms with Gasteiger partial charge in [-0.1, -0.05) is 57.9 Å². The van der Waals surface area contributed by atoms with Crippen molar-refractivity contribution in [2.75, 3.05) is 43.4 Å². The second-order valence-corrected chi connectivity index (χ2v) is 16.7. The summed E-state index contributed by atoms with van der Waals surface area (Å²) in [5, 5.41) is 3.40. The molecule has 276 valence electrons. The molecule has 3 aliphatic heterocycles. The number of anilines is 1. The van der Waals surface area contributed by atoms with Gasteiger partial charge >= 0.3 is 0 Å². The predicted octanol–water partition coefficient (Wildman–Crippen LogP) is 6.84. The number of carbonyl (C=O) groups is 4. The molecule has 8 rings (SSSR count). The van der Waals surface area contributed by atoms with Crippen LogP contribution in [0.3, 0.4) is 0 Å². The third kappa shape index (κ3) is 6.48. The van der Waals surface area contributed by atoms with E-state index in [-0.39, 0.29) is 35.3 Å². The number of aromatic nitrogens is 1. The summed E-state index contributed by atoms with van der Waals surface area (Å²) in [6.07, 6.45) is 6.20. The van der Waals surface area contributed by atoms with Crippen LogP contribution in [0.1, 0.15) is 108 Å². The fraction of sp³-hybridized carbons (Fsp3) is 0.442. The van der Waals surface area contributed by atoms with Crippen molar-refractivity contribution in [2.45, 2.75) is 88.6 Å². The van der Waals surface area contributed by atoms with Crippen molar-refractivity contribution in [3.05, 3.63) is 93.7 Å². The lowest BCUT2D eigenvalue weighted by molar-refractivity contribution is -0.136. The molecule has 0 saturated carbocycles. The molecule has 4 heterocycles. The molecule has 1 aromatic heterocycles. The van der Waals surface area contributed by atoms with Crippen LogP contribution in [0.4, 0.5) is 5.69 Å². The molecule has 1 unspecified atom stereocenters. The third-order valence-corrected chi connectivity index (χ3v) is 13.1. The largest absolute Gasteiger partial charge is 0.369 e. The second-order valence-electron chi connectivity index (χ2n) is 15.5. The molecule has 0 spiro atoms. The molecule has 53 heavy (non-hydrogen) atoms. The summed E-state index contributed by atoms with van der Waals surface area (Å²) < 4.78 is 0. The lowest BCUT2D eigenvalue weighted by atomic mass is 9.70. The van der Waals surface area contributed by atoms with Crippen molar-refractivity contribution in [1.82, 2.24) is 20.1 Å². The Labute approximate surface area is 315 Å². The minimum Gasteiger partial charge on any atom is -0.369 e. The summed E-state index contributed by atoms with van der Waals surface area (Å²) in [6.45, 7) is 12.3. The first-order valence-corrected chi connectivity index (χ1v) is 20.3. The SMILES string of the molecule is CCc1cc2c(cc1N1CCN(CCCCCCSc3cccc4c3CN(C3CCC(=O)NC3=O)C4=O)CC1)C(C)(C)c1[nH]c3ccccc3c1C2=O. The van der Waals surface area contributed by atoms with Crippen LogP contribution in [0.5, 0.6) is 0 Å². The van der Waals surface area contributed by atoms with Crippen molar-refractivity contribution in [1.29, 1.82) is 0 Å². The molecule has 2 saturated heterocycles. The summed E-state index contributed by atoms with van der Waals surface area (Å²) >= 11 is 1.80. The van der Waals surface area contributed by atoms with E-state index in [9.17, 15) is 19.2 Å². The van der Waals surface area contributed by atoms with E-state index in [0.29, 0.717) is 18.5 Å². The van der Waals surface area contributed by atoms with Crippen molar-refractivity contribution in [3.63, 3.8) is 0 Å². The lowest BCUT2D eigenvalue weighted by Gasteiger charge is -2.39. The molecule has 0 radical (unpaired) electrons. The molecule has 4 aliphatic rings. The average Bonchev–Trinajstić information content (AvgIpc) is 3.73. The Bertz CT molecular complexity index is 2110. The first-order valence-electron chi connectivity index (χ1n) is 19.4. The van der Waals surface area contributed by atoms with Gasteiger partial charge in [-0.25, -0.2) is 0 Å². The number of aromatic amines is 1. The maximum atomic E-state index is 14.0. The van der Waals surface area contributed by atoms with Crippen LogP contribution in [0.25, 0.3) is 10.9 Å². The number of thioether (sulfide) groups is 1. The fourth-order valence-corrected chi connectivity index (χ4v) is 10.0. The zero-order chi connectivity index (χ0) is 36.9. The van der Waals surface area contributed by atoms with Gasteiger partial charge in [0.2, 0.25) is 11.8 Å². The fourth-order valence-electron chi connectivity index (χ4n) is 8.91. The Balaban J connectivity index is 0.809. The molecule has 2 N–H and O–H groups in total. The molecule has 1 aliphatic carbocycles. The number of fused-ring (bicyclic) bond motifs is 5. The van der Waals surface area contributed by atoms with E-state index in [4.69, 9.17) is 0 Å². The number of piperidine rings is 1. The molecule has 9 nitrogen and oxygen atoms in total. The van der Waals surface area contributed by atoms with Crippen LogP contribution < -0.4 is 10.2 Å². The minimum absolute atomic E-state index is 0.115. The van der Waals surface area contributed by atoms with Crippen LogP contribution in [-0.4, -0.2) is 82.8 Å². The number of carbonyl (C=O) groups excluding carboxylic acids is 4. The Hall–Kier alpha value is -4.41. The van der Waals surface area contributed by atoms with Gasteiger partial charge in [-0.2, -0.15) is 0 Å². The molecule has 2 fully saturated rings. The normalized spacial score (nSPS) is 19.8. The van der Waals surface area contributed by atoms with Gasteiger partial charge in [-0.3, -0.25) is 29.4 Å². The summed E-state index contributed by atoms with van der Waals surface area (Å²) in [7, 11) is 0. The number of para-hydroxylation sites is 1. The van der Waals surface area contributed by atoms with Crippen LogP contribution in [0.2, 0.25) is 0 Å². The number of imide groups is 1. The first kappa shape index (κ1) is 35.6. The van der Waals surface area contributed by atoms with E-state index in [1.54, 1.807) is 16.7 Å². The van der Waals surface area contributed by atoms with Crippen LogP contribution in [-0.2, 0) is 28.0 Å². The van der Waals surface area contributed by atoms with E-state index in [2.05, 4.69) is 71.2 Å². The highest BCUT2D eigenvalue weighted by molar-refractivity contribution is 7.99. The van der Waals surface area contributed by atoms with Gasteiger partial charge in [0, 0.05) is 82.9 Å². The van der Waals surface area contributed by atoms with Crippen LogP contribution >= 0.6 is 11.8 Å². The molecule has 4 aromatic rings. The number of nitrogens with one attached hydrogen (secondary N) is 2. The zero-order valence-electron chi connectivity index (χ0n) is 31.1. The molecule has 1 atom stereocenters. The molecule has 0 bridgehead atoms. The standard InChI is InChI=1S/C43H49N5O4S/c1-4-27-24-30-32(43(2,3)40-38(39(30)50)29-12-7-8-14-33(29)44-40)25-35(27)47-21-19-46(20-22-47)18-9-5-6-10-23-53-36-15-11-13-28-31(36)26-48(42(28)52)34-16-17-37(49)45-41(34)51/h7-8,11-15,24-25,34,44H,4-6,9-10,16-23,26H2,1-3H3,(H,45,49,51). The van der Waals surface area contributed by atoms with E-state index >= 15 is 0 Å². The molecule has 10 heteroatoms. The number of nitrogens with zero attached hydrogens (tertiary/aromatic N) is 3. The molecular weight excluding hydrogens is 683 g/mol. The summed E-state index contributed by atoms with van der Waals surface area (Å²) in [4.78, 5) is 62.7. The highest BCUT2D eigenvalue weighted by Crippen LogP contribution is 2.46. The number of rotatable bonds is 11. The van der Waals surface area contributed by atoms with Crippen molar-refractivity contribution < 1.29 is 19.2 Å². The Morgan fingerprint density at radius 1 is 0.887 bits per heavy atom. The maximum Gasteiger partial charge on any atom is 0.255 e. The molecule has 3 aromatic carbocycles. The van der Waals surface area contributed by atoms with Gasteiger partial charge in [0.1, 0.15) is 6.04 Å². The Morgan fingerprint density at radius 3 is 2.47 bits per heavy atom. The molecule has 3 amide bonds. The highest BCUT2D eigenvalue weighted by atomic mass is 32.2. The van der Waals surface area contributed by atoms with E-state index in [0.717, 1.165) is 95.1 Å². The number of hydrogen-bond donors (Lipinski definition) is 2. The number of H-pyrrole nitrogens is 1. The summed E-state index contributed by atoms with van der Waals surface area (Å²) in [6, 6.07) is 17.9. The third-order valence-electron chi connectivity index (χ3n) is 12.0. The number of ketones is 1. The highest BCUT2D eigenvalue weighted by Gasteiger charge is 2.41. The van der Waals surface area contributed by atoms with Crippen molar-refractivity contribution in [2.24, 2.45) is 0 Å². The van der Waals surface area contributed by atoms with Gasteiger partial charge in [-0.05, 0) is 85.0 Å². The van der Waals surface area contributed by atoms with Gasteiger partial charge in [0.25, 0.3) is 5.91 Å². The van der Waals surface area contributed by atoms with Gasteiger partial charge in [0.05, 0.1) is 5.56 Å². The number of benzene rings is 3. The van der Waals surface area contributed by atoms with Gasteiger partial charge < -0.3 is 14.8 Å². The Kier molecular flexibility index (Phi) is 9.70. The van der Waals surface area contributed by atoms with Crippen LogP contribution in [0.15, 0.2) is 59.5 Å². The summed E-state index contributed by atoms with van der Waals surface area (Å²) in [5.74, 6) is 0.376. The maximum absolute atomic E-state index is 14.0. The van der Waals surface area contributed by atoms with Gasteiger partial charge in [0.15, 0.2) is 5.78 Å². The first-order chi connectivity index (χ1) is 25.7. The van der Waals surface area contributed by atoms with E-state index in [1.165, 1.54) is 30.5 Å². The van der Waals surface area contributed by atoms with E-state index in [1.807, 2.05) is 24.3 Å². The van der Waals surface area contributed by atoms with Crippen molar-refractivity contribution >= 4 is 51.9 Å². The second kappa shape index (κ2) is 14.4. The Morgan fingerprint density at radius 2 is 1.68 bits per heavy atom. The number of hydrogen-bond acceptors (Lipinski definition) is 7. The number of amides is 3. The van der Waals surface area contributed by atoms with E-state index < -0.39 is 6.04 Å². The lowest BCUT2D eigenvalue weighted by Crippen LogP contribution is -2.52.